The SMILES string of the molecule is Cc1ccc(CNC(=O)[C@@H]2CC(=O)N(c3ccc(OCC(=O)Nc4ccccc4F)cc3)C2)cc1. The molecule has 180 valence electrons. The molecule has 4 rings (SSSR count). The first-order valence-electron chi connectivity index (χ1n) is 11.3. The van der Waals surface area contributed by atoms with Crippen LogP contribution in [-0.4, -0.2) is 30.9 Å². The first kappa shape index (κ1) is 23.9. The largest absolute Gasteiger partial charge is 0.484 e. The summed E-state index contributed by atoms with van der Waals surface area (Å²) in [7, 11) is 0. The molecule has 3 aromatic carbocycles. The normalized spacial score (nSPS) is 15.1. The molecule has 0 bridgehead atoms. The number of hydrogen-bond donors (Lipinski definition) is 2. The standard InChI is InChI=1S/C27H26FN3O4/c1-18-6-8-19(9-7-18)15-29-27(34)20-14-26(33)31(16-20)21-10-12-22(13-11-21)35-17-25(32)30-24-5-3-2-4-23(24)28/h2-13,20H,14-17H2,1H3,(H,29,34)(H,30,32)/t20-/m1/s1. The summed E-state index contributed by atoms with van der Waals surface area (Å²) < 4.78 is 19.1. The number of benzene rings is 3. The summed E-state index contributed by atoms with van der Waals surface area (Å²) in [6.07, 6.45) is 0.147. The molecule has 1 heterocycles. The maximum atomic E-state index is 13.6. The second kappa shape index (κ2) is 10.8. The number of ether oxygens (including phenoxy) is 1. The van der Waals surface area contributed by atoms with Gasteiger partial charge in [-0.05, 0) is 48.9 Å². The van der Waals surface area contributed by atoms with Crippen molar-refractivity contribution in [2.75, 3.05) is 23.4 Å². The van der Waals surface area contributed by atoms with Crippen molar-refractivity contribution in [3.05, 3.63) is 89.7 Å². The van der Waals surface area contributed by atoms with E-state index in [1.54, 1.807) is 35.2 Å². The van der Waals surface area contributed by atoms with Crippen LogP contribution >= 0.6 is 0 Å². The van der Waals surface area contributed by atoms with E-state index in [0.717, 1.165) is 11.1 Å². The minimum Gasteiger partial charge on any atom is -0.484 e. The topological polar surface area (TPSA) is 87.7 Å². The lowest BCUT2D eigenvalue weighted by Gasteiger charge is -2.17. The summed E-state index contributed by atoms with van der Waals surface area (Å²) in [6, 6.07) is 20.5. The molecule has 1 aliphatic rings. The molecule has 1 atom stereocenters. The summed E-state index contributed by atoms with van der Waals surface area (Å²) in [5.41, 5.74) is 2.89. The van der Waals surface area contributed by atoms with Crippen molar-refractivity contribution in [3.8, 4) is 5.75 Å². The number of aryl methyl sites for hydroxylation is 1. The molecule has 0 aliphatic carbocycles. The highest BCUT2D eigenvalue weighted by molar-refractivity contribution is 6.00. The van der Waals surface area contributed by atoms with Crippen LogP contribution in [-0.2, 0) is 20.9 Å². The average molecular weight is 476 g/mol. The highest BCUT2D eigenvalue weighted by Crippen LogP contribution is 2.27. The van der Waals surface area contributed by atoms with Gasteiger partial charge in [-0.15, -0.1) is 0 Å². The molecule has 1 aliphatic heterocycles. The van der Waals surface area contributed by atoms with E-state index in [1.165, 1.54) is 18.2 Å². The van der Waals surface area contributed by atoms with Crippen LogP contribution in [0.25, 0.3) is 0 Å². The molecule has 3 aromatic rings. The number of anilines is 2. The van der Waals surface area contributed by atoms with E-state index in [0.29, 0.717) is 24.5 Å². The minimum absolute atomic E-state index is 0.0847. The molecule has 0 aromatic heterocycles. The van der Waals surface area contributed by atoms with Gasteiger partial charge in [-0.1, -0.05) is 42.0 Å². The Hall–Kier alpha value is -4.20. The molecule has 7 nitrogen and oxygen atoms in total. The van der Waals surface area contributed by atoms with Gasteiger partial charge in [-0.25, -0.2) is 4.39 Å². The number of nitrogens with zero attached hydrogens (tertiary/aromatic N) is 1. The summed E-state index contributed by atoms with van der Waals surface area (Å²) in [4.78, 5) is 38.7. The number of carbonyl (C=O) groups excluding carboxylic acids is 3. The minimum atomic E-state index is -0.525. The number of amides is 3. The molecule has 1 saturated heterocycles. The molecule has 2 N–H and O–H groups in total. The second-order valence-corrected chi connectivity index (χ2v) is 8.42. The van der Waals surface area contributed by atoms with Gasteiger partial charge in [0.15, 0.2) is 6.61 Å². The average Bonchev–Trinajstić information content (AvgIpc) is 3.25. The Kier molecular flexibility index (Phi) is 7.40. The molecule has 0 spiro atoms. The molecule has 1 fully saturated rings. The van der Waals surface area contributed by atoms with Gasteiger partial charge in [0.25, 0.3) is 5.91 Å². The van der Waals surface area contributed by atoms with Gasteiger partial charge in [0.05, 0.1) is 11.6 Å². The zero-order valence-corrected chi connectivity index (χ0v) is 19.3. The van der Waals surface area contributed by atoms with Crippen LogP contribution in [0.1, 0.15) is 17.5 Å². The van der Waals surface area contributed by atoms with Crippen molar-refractivity contribution in [2.24, 2.45) is 5.92 Å². The van der Waals surface area contributed by atoms with Crippen molar-refractivity contribution < 1.29 is 23.5 Å². The number of para-hydroxylation sites is 1. The highest BCUT2D eigenvalue weighted by Gasteiger charge is 2.35. The lowest BCUT2D eigenvalue weighted by Crippen LogP contribution is -2.32. The monoisotopic (exact) mass is 475 g/mol. The van der Waals surface area contributed by atoms with Crippen molar-refractivity contribution in [1.82, 2.24) is 5.32 Å². The van der Waals surface area contributed by atoms with Gasteiger partial charge in [-0.2, -0.15) is 0 Å². The van der Waals surface area contributed by atoms with Crippen molar-refractivity contribution >= 4 is 29.1 Å². The Morgan fingerprint density at radius 1 is 1.03 bits per heavy atom. The highest BCUT2D eigenvalue weighted by atomic mass is 19.1. The third kappa shape index (κ3) is 6.23. The molecule has 8 heteroatoms. The lowest BCUT2D eigenvalue weighted by atomic mass is 10.1. The summed E-state index contributed by atoms with van der Waals surface area (Å²) >= 11 is 0. The zero-order chi connectivity index (χ0) is 24.8. The number of nitrogens with one attached hydrogen (secondary N) is 2. The molecule has 0 saturated carbocycles. The first-order chi connectivity index (χ1) is 16.9. The van der Waals surface area contributed by atoms with E-state index < -0.39 is 17.6 Å². The van der Waals surface area contributed by atoms with Gasteiger partial charge in [0.1, 0.15) is 11.6 Å². The van der Waals surface area contributed by atoms with Crippen molar-refractivity contribution in [2.45, 2.75) is 19.9 Å². The molecule has 3 amide bonds. The third-order valence-electron chi connectivity index (χ3n) is 5.75. The smallest absolute Gasteiger partial charge is 0.262 e. The Morgan fingerprint density at radius 3 is 2.46 bits per heavy atom. The van der Waals surface area contributed by atoms with Crippen molar-refractivity contribution in [3.63, 3.8) is 0 Å². The van der Waals surface area contributed by atoms with E-state index in [4.69, 9.17) is 4.74 Å². The lowest BCUT2D eigenvalue weighted by molar-refractivity contribution is -0.126. The number of carbonyl (C=O) groups is 3. The Labute approximate surface area is 202 Å². The molecule has 0 radical (unpaired) electrons. The fourth-order valence-electron chi connectivity index (χ4n) is 3.79. The summed E-state index contributed by atoms with van der Waals surface area (Å²) in [5, 5.41) is 5.36. The van der Waals surface area contributed by atoms with Crippen LogP contribution in [0.2, 0.25) is 0 Å². The van der Waals surface area contributed by atoms with E-state index in [2.05, 4.69) is 10.6 Å². The van der Waals surface area contributed by atoms with Gasteiger partial charge in [0, 0.05) is 25.2 Å². The first-order valence-corrected chi connectivity index (χ1v) is 11.3. The third-order valence-corrected chi connectivity index (χ3v) is 5.75. The van der Waals surface area contributed by atoms with Gasteiger partial charge in [-0.3, -0.25) is 14.4 Å². The zero-order valence-electron chi connectivity index (χ0n) is 19.3. The van der Waals surface area contributed by atoms with Crippen LogP contribution in [0.4, 0.5) is 15.8 Å². The summed E-state index contributed by atoms with van der Waals surface area (Å²) in [6.45, 7) is 2.43. The van der Waals surface area contributed by atoms with E-state index in [-0.39, 0.29) is 30.5 Å². The molecule has 35 heavy (non-hydrogen) atoms. The number of halogens is 1. The van der Waals surface area contributed by atoms with Crippen LogP contribution in [0.3, 0.4) is 0 Å². The maximum absolute atomic E-state index is 13.6. The Morgan fingerprint density at radius 2 is 1.74 bits per heavy atom. The van der Waals surface area contributed by atoms with Gasteiger partial charge < -0.3 is 20.3 Å². The van der Waals surface area contributed by atoms with Gasteiger partial charge >= 0.3 is 0 Å². The predicted octanol–water partition coefficient (Wildman–Crippen LogP) is 3.82. The fraction of sp³-hybridized carbons (Fsp3) is 0.222. The molecule has 0 unspecified atom stereocenters. The fourth-order valence-corrected chi connectivity index (χ4v) is 3.79. The van der Waals surface area contributed by atoms with Gasteiger partial charge in [0.2, 0.25) is 11.8 Å². The quantitative estimate of drug-likeness (QED) is 0.519. The van der Waals surface area contributed by atoms with E-state index in [1.807, 2.05) is 31.2 Å². The van der Waals surface area contributed by atoms with Crippen molar-refractivity contribution in [1.29, 1.82) is 0 Å². The second-order valence-electron chi connectivity index (χ2n) is 8.42. The van der Waals surface area contributed by atoms with E-state index in [9.17, 15) is 18.8 Å². The van der Waals surface area contributed by atoms with Crippen LogP contribution in [0.5, 0.6) is 5.75 Å². The maximum Gasteiger partial charge on any atom is 0.262 e. The molecular formula is C27H26FN3O4. The van der Waals surface area contributed by atoms with Crippen LogP contribution < -0.4 is 20.3 Å². The Balaban J connectivity index is 1.27. The summed E-state index contributed by atoms with van der Waals surface area (Å²) in [5.74, 6) is -1.29. The van der Waals surface area contributed by atoms with Crippen LogP contribution in [0, 0.1) is 18.7 Å². The van der Waals surface area contributed by atoms with Crippen LogP contribution in [0.15, 0.2) is 72.8 Å². The number of hydrogen-bond acceptors (Lipinski definition) is 4. The number of rotatable bonds is 8. The van der Waals surface area contributed by atoms with E-state index >= 15 is 0 Å². The Bertz CT molecular complexity index is 1210. The predicted molar refractivity (Wildman–Crippen MR) is 130 cm³/mol. The molecular weight excluding hydrogens is 449 g/mol.